The summed E-state index contributed by atoms with van der Waals surface area (Å²) in [6, 6.07) is 20.1. The Morgan fingerprint density at radius 1 is 1.00 bits per heavy atom. The quantitative estimate of drug-likeness (QED) is 0.371. The molecule has 4 heterocycles. The van der Waals surface area contributed by atoms with Crippen molar-refractivity contribution in [1.29, 1.82) is 0 Å². The summed E-state index contributed by atoms with van der Waals surface area (Å²) in [5.41, 5.74) is 5.93. The lowest BCUT2D eigenvalue weighted by atomic mass is 9.88. The van der Waals surface area contributed by atoms with Crippen molar-refractivity contribution in [2.75, 3.05) is 0 Å². The van der Waals surface area contributed by atoms with E-state index < -0.39 is 0 Å². The van der Waals surface area contributed by atoms with Crippen LogP contribution in [0.1, 0.15) is 30.5 Å². The van der Waals surface area contributed by atoms with E-state index in [1.807, 2.05) is 48.5 Å². The van der Waals surface area contributed by atoms with Gasteiger partial charge in [-0.05, 0) is 31.4 Å². The smallest absolute Gasteiger partial charge is 0.297 e. The van der Waals surface area contributed by atoms with Crippen LogP contribution in [0.25, 0.3) is 33.5 Å². The van der Waals surface area contributed by atoms with Gasteiger partial charge in [-0.2, -0.15) is 0 Å². The molecule has 6 nitrogen and oxygen atoms in total. The van der Waals surface area contributed by atoms with E-state index in [1.165, 1.54) is 5.56 Å². The van der Waals surface area contributed by atoms with Crippen molar-refractivity contribution in [3.8, 4) is 11.3 Å². The Labute approximate surface area is 196 Å². The summed E-state index contributed by atoms with van der Waals surface area (Å²) in [6.07, 6.45) is 3.06. The Kier molecular flexibility index (Phi) is 4.85. The molecule has 3 aromatic heterocycles. The Hall–Kier alpha value is -3.77. The third-order valence-electron chi connectivity index (χ3n) is 6.55. The molecule has 0 N–H and O–H groups in total. The highest BCUT2D eigenvalue weighted by atomic mass is 16.5. The van der Waals surface area contributed by atoms with Crippen LogP contribution in [0.5, 0.6) is 0 Å². The topological polar surface area (TPSA) is 70.2 Å². The van der Waals surface area contributed by atoms with Crippen LogP contribution in [0.4, 0.5) is 0 Å². The van der Waals surface area contributed by atoms with Crippen molar-refractivity contribution >= 4 is 22.2 Å². The molecule has 0 amide bonds. The number of fused-ring (bicyclic) bond motifs is 5. The number of benzene rings is 2. The minimum Gasteiger partial charge on any atom is -0.430 e. The summed E-state index contributed by atoms with van der Waals surface area (Å²) < 4.78 is 13.9. The zero-order chi connectivity index (χ0) is 23.3. The summed E-state index contributed by atoms with van der Waals surface area (Å²) in [7, 11) is 0. The fraction of sp³-hybridized carbons (Fsp3) is 0.250. The van der Waals surface area contributed by atoms with Gasteiger partial charge in [-0.3, -0.25) is 9.36 Å². The lowest BCUT2D eigenvalue weighted by Crippen LogP contribution is -2.32. The number of ether oxygens (including phenoxy) is 1. The molecule has 1 aliphatic heterocycles. The van der Waals surface area contributed by atoms with Gasteiger partial charge < -0.3 is 9.15 Å². The number of furan rings is 1. The monoisotopic (exact) mass is 451 g/mol. The van der Waals surface area contributed by atoms with E-state index in [0.29, 0.717) is 30.8 Å². The van der Waals surface area contributed by atoms with Crippen molar-refractivity contribution in [2.24, 2.45) is 0 Å². The third-order valence-corrected chi connectivity index (χ3v) is 6.55. The molecule has 0 spiro atoms. The van der Waals surface area contributed by atoms with Crippen LogP contribution in [-0.4, -0.2) is 20.1 Å². The van der Waals surface area contributed by atoms with Gasteiger partial charge in [0.1, 0.15) is 5.52 Å². The van der Waals surface area contributed by atoms with Crippen molar-refractivity contribution in [1.82, 2.24) is 14.5 Å². The fourth-order valence-electron chi connectivity index (χ4n) is 4.79. The molecule has 0 saturated heterocycles. The first-order valence-electron chi connectivity index (χ1n) is 11.6. The van der Waals surface area contributed by atoms with Gasteiger partial charge in [-0.1, -0.05) is 60.7 Å². The van der Waals surface area contributed by atoms with Gasteiger partial charge >= 0.3 is 0 Å². The molecule has 0 fully saturated rings. The molecule has 0 unspecified atom stereocenters. The van der Waals surface area contributed by atoms with Gasteiger partial charge in [0.25, 0.3) is 5.56 Å². The van der Waals surface area contributed by atoms with Crippen molar-refractivity contribution < 1.29 is 9.15 Å². The van der Waals surface area contributed by atoms with Crippen LogP contribution < -0.4 is 5.56 Å². The lowest BCUT2D eigenvalue weighted by molar-refractivity contribution is -0.0395. The van der Waals surface area contributed by atoms with Crippen LogP contribution in [-0.2, 0) is 30.7 Å². The molecule has 6 heteroatoms. The average Bonchev–Trinajstić information content (AvgIpc) is 3.23. The second-order valence-electron chi connectivity index (χ2n) is 9.45. The molecule has 2 aromatic carbocycles. The van der Waals surface area contributed by atoms with E-state index in [2.05, 4.69) is 31.0 Å². The minimum absolute atomic E-state index is 0.180. The third kappa shape index (κ3) is 3.51. The predicted octanol–water partition coefficient (Wildman–Crippen LogP) is 5.30. The normalized spacial score (nSPS) is 15.0. The van der Waals surface area contributed by atoms with E-state index >= 15 is 0 Å². The van der Waals surface area contributed by atoms with Gasteiger partial charge in [-0.15, -0.1) is 0 Å². The second-order valence-corrected chi connectivity index (χ2v) is 9.45. The fourth-order valence-corrected chi connectivity index (χ4v) is 4.79. The number of nitrogens with zero attached hydrogens (tertiary/aromatic N) is 3. The lowest BCUT2D eigenvalue weighted by Gasteiger charge is -2.33. The van der Waals surface area contributed by atoms with E-state index in [4.69, 9.17) is 14.1 Å². The first-order chi connectivity index (χ1) is 16.5. The van der Waals surface area contributed by atoms with Crippen LogP contribution in [0.2, 0.25) is 0 Å². The van der Waals surface area contributed by atoms with Crippen molar-refractivity contribution in [2.45, 2.75) is 45.4 Å². The van der Waals surface area contributed by atoms with Crippen LogP contribution in [0.15, 0.2) is 76.2 Å². The molecule has 0 atom stereocenters. The molecule has 5 aromatic rings. The highest BCUT2D eigenvalue weighted by molar-refractivity contribution is 6.04. The van der Waals surface area contributed by atoms with E-state index in [1.54, 1.807) is 10.9 Å². The average molecular weight is 452 g/mol. The number of rotatable bonds is 4. The maximum atomic E-state index is 13.3. The highest BCUT2D eigenvalue weighted by Crippen LogP contribution is 2.40. The number of aromatic nitrogens is 3. The van der Waals surface area contributed by atoms with Gasteiger partial charge in [0.05, 0.1) is 29.6 Å². The zero-order valence-corrected chi connectivity index (χ0v) is 19.2. The highest BCUT2D eigenvalue weighted by Gasteiger charge is 2.32. The molecule has 0 saturated carbocycles. The summed E-state index contributed by atoms with van der Waals surface area (Å²) in [6.45, 7) is 5.15. The Bertz CT molecular complexity index is 1570. The van der Waals surface area contributed by atoms with Crippen LogP contribution in [0.3, 0.4) is 0 Å². The minimum atomic E-state index is -0.330. The Morgan fingerprint density at radius 2 is 1.74 bits per heavy atom. The first kappa shape index (κ1) is 20.8. The van der Waals surface area contributed by atoms with E-state index in [-0.39, 0.29) is 16.7 Å². The van der Waals surface area contributed by atoms with Crippen LogP contribution in [0, 0.1) is 0 Å². The van der Waals surface area contributed by atoms with Crippen molar-refractivity contribution in [3.63, 3.8) is 0 Å². The molecule has 0 aliphatic carbocycles. The zero-order valence-electron chi connectivity index (χ0n) is 19.2. The number of hydrogen-bond acceptors (Lipinski definition) is 5. The molecule has 0 radical (unpaired) electrons. The van der Waals surface area contributed by atoms with Gasteiger partial charge in [-0.25, -0.2) is 9.97 Å². The SMILES string of the molecule is CC1(C)Cc2c(c(-c3ccccc3)nc3oc4c(=O)n(CCc5ccccc5)cnc4c23)CO1. The maximum absolute atomic E-state index is 13.3. The van der Waals surface area contributed by atoms with Gasteiger partial charge in [0.15, 0.2) is 0 Å². The summed E-state index contributed by atoms with van der Waals surface area (Å²) in [5.74, 6) is 0. The molecular formula is C28H25N3O3. The number of aryl methyl sites for hydroxylation is 2. The number of pyridine rings is 1. The Morgan fingerprint density at radius 3 is 2.50 bits per heavy atom. The largest absolute Gasteiger partial charge is 0.430 e. The molecule has 34 heavy (non-hydrogen) atoms. The molecule has 6 rings (SSSR count). The number of hydrogen-bond donors (Lipinski definition) is 0. The second kappa shape index (κ2) is 7.92. The maximum Gasteiger partial charge on any atom is 0.297 e. The summed E-state index contributed by atoms with van der Waals surface area (Å²) in [5, 5.41) is 0.827. The van der Waals surface area contributed by atoms with Gasteiger partial charge in [0, 0.05) is 24.1 Å². The standard InChI is InChI=1S/C28H25N3O3/c1-28(2)15-20-21(16-33-28)23(19-11-7-4-8-12-19)30-26-22(20)24-25(34-26)27(32)31(17-29-24)14-13-18-9-5-3-6-10-18/h3-12,17H,13-16H2,1-2H3. The molecule has 1 aliphatic rings. The van der Waals surface area contributed by atoms with Gasteiger partial charge in [0.2, 0.25) is 11.3 Å². The van der Waals surface area contributed by atoms with E-state index in [0.717, 1.165) is 34.2 Å². The molecule has 0 bridgehead atoms. The van der Waals surface area contributed by atoms with E-state index in [9.17, 15) is 4.79 Å². The van der Waals surface area contributed by atoms with Crippen molar-refractivity contribution in [3.05, 3.63) is 94.0 Å². The Balaban J connectivity index is 1.53. The van der Waals surface area contributed by atoms with Crippen LogP contribution >= 0.6 is 0 Å². The summed E-state index contributed by atoms with van der Waals surface area (Å²) >= 11 is 0. The molecular weight excluding hydrogens is 426 g/mol. The first-order valence-corrected chi connectivity index (χ1v) is 11.6. The molecule has 170 valence electrons. The summed E-state index contributed by atoms with van der Waals surface area (Å²) in [4.78, 5) is 22.9. The predicted molar refractivity (Wildman–Crippen MR) is 132 cm³/mol.